The Kier molecular flexibility index (Phi) is 8.27. The molecule has 1 fully saturated rings. The Morgan fingerprint density at radius 2 is 1.50 bits per heavy atom. The number of ether oxygens (including phenoxy) is 1. The summed E-state index contributed by atoms with van der Waals surface area (Å²) in [6.07, 6.45) is 1.17. The van der Waals surface area contributed by atoms with E-state index in [-0.39, 0.29) is 29.7 Å². The lowest BCUT2D eigenvalue weighted by atomic mass is 9.92. The van der Waals surface area contributed by atoms with Gasteiger partial charge in [0, 0.05) is 13.2 Å². The van der Waals surface area contributed by atoms with Gasteiger partial charge in [0.25, 0.3) is 8.32 Å². The highest BCUT2D eigenvalue weighted by Gasteiger charge is 2.51. The van der Waals surface area contributed by atoms with Gasteiger partial charge >= 0.3 is 6.09 Å². The Hall–Kier alpha value is -2.15. The molecule has 0 aromatic heterocycles. The molecule has 1 saturated heterocycles. The van der Waals surface area contributed by atoms with Crippen molar-refractivity contribution >= 4 is 24.8 Å². The number of carbonyl (C=O) groups is 1. The van der Waals surface area contributed by atoms with E-state index in [1.165, 1.54) is 10.4 Å². The van der Waals surface area contributed by atoms with Crippen LogP contribution in [0.1, 0.15) is 54.4 Å². The van der Waals surface area contributed by atoms with Crippen molar-refractivity contribution in [3.05, 3.63) is 60.7 Å². The van der Waals surface area contributed by atoms with Crippen LogP contribution in [0.4, 0.5) is 4.79 Å². The lowest BCUT2D eigenvalue weighted by Gasteiger charge is -2.46. The molecule has 2 aromatic carbocycles. The first-order chi connectivity index (χ1) is 16.0. The van der Waals surface area contributed by atoms with Gasteiger partial charge in [-0.15, -0.1) is 0 Å². The normalized spacial score (nSPS) is 19.7. The SMILES string of the molecule is CC(C)(C)OC(=O)N1CCC(CO)CC1CO[Si](c1ccccc1)(c1ccccc1)C(C)(C)C. The summed E-state index contributed by atoms with van der Waals surface area (Å²) in [5.74, 6) is 0.159. The van der Waals surface area contributed by atoms with Crippen LogP contribution in [0, 0.1) is 5.92 Å². The van der Waals surface area contributed by atoms with Gasteiger partial charge in [-0.1, -0.05) is 81.4 Å². The minimum absolute atomic E-state index is 0.123. The van der Waals surface area contributed by atoms with Gasteiger partial charge in [0.15, 0.2) is 0 Å². The molecule has 2 aromatic rings. The fourth-order valence-electron chi connectivity index (χ4n) is 5.00. The number of aliphatic hydroxyl groups excluding tert-OH is 1. The summed E-state index contributed by atoms with van der Waals surface area (Å²) in [5.41, 5.74) is -0.561. The zero-order valence-corrected chi connectivity index (χ0v) is 22.6. The van der Waals surface area contributed by atoms with Crippen molar-refractivity contribution in [2.45, 2.75) is 71.1 Å². The average molecular weight is 484 g/mol. The predicted molar refractivity (Wildman–Crippen MR) is 140 cm³/mol. The number of amides is 1. The maximum absolute atomic E-state index is 13.1. The quantitative estimate of drug-likeness (QED) is 0.612. The van der Waals surface area contributed by atoms with Crippen molar-refractivity contribution in [1.82, 2.24) is 4.90 Å². The molecule has 1 amide bonds. The number of hydrogen-bond acceptors (Lipinski definition) is 4. The van der Waals surface area contributed by atoms with Gasteiger partial charge in [-0.05, 0) is 54.9 Å². The topological polar surface area (TPSA) is 59.0 Å². The summed E-state index contributed by atoms with van der Waals surface area (Å²) < 4.78 is 12.8. The molecular formula is C28H41NO4Si. The van der Waals surface area contributed by atoms with E-state index in [1.807, 2.05) is 37.8 Å². The Balaban J connectivity index is 1.99. The van der Waals surface area contributed by atoms with Crippen LogP contribution in [0.25, 0.3) is 0 Å². The van der Waals surface area contributed by atoms with Crippen LogP contribution in [0.2, 0.25) is 5.04 Å². The van der Waals surface area contributed by atoms with E-state index in [0.717, 1.165) is 6.42 Å². The zero-order chi connectivity index (χ0) is 25.0. The second-order valence-corrected chi connectivity index (χ2v) is 15.7. The highest BCUT2D eigenvalue weighted by atomic mass is 28.4. The highest BCUT2D eigenvalue weighted by molar-refractivity contribution is 6.99. The monoisotopic (exact) mass is 483 g/mol. The molecule has 1 heterocycles. The van der Waals surface area contributed by atoms with Crippen LogP contribution < -0.4 is 10.4 Å². The van der Waals surface area contributed by atoms with Crippen molar-refractivity contribution in [3.8, 4) is 0 Å². The maximum atomic E-state index is 13.1. The van der Waals surface area contributed by atoms with Gasteiger partial charge in [0.05, 0.1) is 12.6 Å². The van der Waals surface area contributed by atoms with Crippen molar-refractivity contribution in [3.63, 3.8) is 0 Å². The number of piperidine rings is 1. The fraction of sp³-hybridized carbons (Fsp3) is 0.536. The van der Waals surface area contributed by atoms with E-state index in [4.69, 9.17) is 9.16 Å². The molecule has 0 radical (unpaired) electrons. The molecule has 1 N–H and O–H groups in total. The number of carbonyl (C=O) groups excluding carboxylic acids is 1. The molecule has 0 aliphatic carbocycles. The van der Waals surface area contributed by atoms with Crippen LogP contribution in [0.15, 0.2) is 60.7 Å². The van der Waals surface area contributed by atoms with Gasteiger partial charge in [-0.25, -0.2) is 4.79 Å². The molecule has 6 heteroatoms. The molecule has 34 heavy (non-hydrogen) atoms. The van der Waals surface area contributed by atoms with Gasteiger partial charge in [-0.3, -0.25) is 0 Å². The molecule has 2 atom stereocenters. The first-order valence-electron chi connectivity index (χ1n) is 12.3. The third-order valence-corrected chi connectivity index (χ3v) is 11.6. The van der Waals surface area contributed by atoms with Crippen molar-refractivity contribution in [2.75, 3.05) is 19.8 Å². The third kappa shape index (κ3) is 5.91. The smallest absolute Gasteiger partial charge is 0.410 e. The molecular weight excluding hydrogens is 442 g/mol. The molecule has 0 saturated carbocycles. The Morgan fingerprint density at radius 3 is 1.94 bits per heavy atom. The van der Waals surface area contributed by atoms with Crippen LogP contribution in [-0.2, 0) is 9.16 Å². The van der Waals surface area contributed by atoms with Crippen molar-refractivity contribution in [1.29, 1.82) is 0 Å². The van der Waals surface area contributed by atoms with Gasteiger partial charge in [0.1, 0.15) is 5.60 Å². The van der Waals surface area contributed by atoms with Crippen LogP contribution in [0.5, 0.6) is 0 Å². The number of likely N-dealkylation sites (tertiary alicyclic amines) is 1. The summed E-state index contributed by atoms with van der Waals surface area (Å²) >= 11 is 0. The van der Waals surface area contributed by atoms with E-state index in [2.05, 4.69) is 69.3 Å². The molecule has 1 aliphatic rings. The molecule has 0 bridgehead atoms. The third-order valence-electron chi connectivity index (χ3n) is 6.62. The minimum Gasteiger partial charge on any atom is -0.444 e. The molecule has 5 nitrogen and oxygen atoms in total. The van der Waals surface area contributed by atoms with E-state index in [0.29, 0.717) is 19.6 Å². The number of aliphatic hydroxyl groups is 1. The van der Waals surface area contributed by atoms with E-state index in [9.17, 15) is 9.90 Å². The Bertz CT molecular complexity index is 881. The predicted octanol–water partition coefficient (Wildman–Crippen LogP) is 4.57. The van der Waals surface area contributed by atoms with E-state index < -0.39 is 13.9 Å². The van der Waals surface area contributed by atoms with Crippen LogP contribution >= 0.6 is 0 Å². The average Bonchev–Trinajstić information content (AvgIpc) is 2.78. The second-order valence-electron chi connectivity index (χ2n) is 11.4. The molecule has 1 aliphatic heterocycles. The van der Waals surface area contributed by atoms with Crippen molar-refractivity contribution in [2.24, 2.45) is 5.92 Å². The van der Waals surface area contributed by atoms with Crippen LogP contribution in [-0.4, -0.2) is 55.8 Å². The first kappa shape index (κ1) is 26.5. The number of benzene rings is 2. The summed E-state index contributed by atoms with van der Waals surface area (Å²) in [7, 11) is -2.72. The standard InChI is InChI=1S/C28H41NO4Si/c1-27(2,3)33-26(31)29-18-17-22(20-30)19-23(29)21-32-34(28(4,5)6,24-13-9-7-10-14-24)25-15-11-8-12-16-25/h7-16,22-23,30H,17-21H2,1-6H3. The molecule has 186 valence electrons. The van der Waals surface area contributed by atoms with Gasteiger partial charge in [0.2, 0.25) is 0 Å². The highest BCUT2D eigenvalue weighted by Crippen LogP contribution is 2.37. The van der Waals surface area contributed by atoms with Crippen molar-refractivity contribution < 1.29 is 19.1 Å². The largest absolute Gasteiger partial charge is 0.444 e. The summed E-state index contributed by atoms with van der Waals surface area (Å²) in [6.45, 7) is 13.5. The summed E-state index contributed by atoms with van der Waals surface area (Å²) in [6, 6.07) is 20.9. The molecule has 2 unspecified atom stereocenters. The summed E-state index contributed by atoms with van der Waals surface area (Å²) in [4.78, 5) is 14.9. The lowest BCUT2D eigenvalue weighted by Crippen LogP contribution is -2.67. The van der Waals surface area contributed by atoms with E-state index >= 15 is 0 Å². The minimum atomic E-state index is -2.72. The second kappa shape index (κ2) is 10.6. The zero-order valence-electron chi connectivity index (χ0n) is 21.6. The maximum Gasteiger partial charge on any atom is 0.410 e. The fourth-order valence-corrected chi connectivity index (χ4v) is 9.60. The molecule has 0 spiro atoms. The number of rotatable bonds is 6. The van der Waals surface area contributed by atoms with Gasteiger partial charge < -0.3 is 19.2 Å². The van der Waals surface area contributed by atoms with E-state index in [1.54, 1.807) is 0 Å². The Labute approximate surface area is 206 Å². The molecule has 3 rings (SSSR count). The van der Waals surface area contributed by atoms with Crippen LogP contribution in [0.3, 0.4) is 0 Å². The number of nitrogens with zero attached hydrogens (tertiary/aromatic N) is 1. The number of hydrogen-bond donors (Lipinski definition) is 1. The summed E-state index contributed by atoms with van der Waals surface area (Å²) in [5, 5.41) is 12.2. The first-order valence-corrected chi connectivity index (χ1v) is 14.2. The Morgan fingerprint density at radius 1 is 0.971 bits per heavy atom. The van der Waals surface area contributed by atoms with Gasteiger partial charge in [-0.2, -0.15) is 0 Å². The lowest BCUT2D eigenvalue weighted by molar-refractivity contribution is -0.00749.